The van der Waals surface area contributed by atoms with Crippen molar-refractivity contribution in [1.29, 1.82) is 0 Å². The summed E-state index contributed by atoms with van der Waals surface area (Å²) < 4.78 is 0. The van der Waals surface area contributed by atoms with Crippen molar-refractivity contribution in [3.05, 3.63) is 47.2 Å². The normalized spacial score (nSPS) is 13.2. The second-order valence-electron chi connectivity index (χ2n) is 3.47. The van der Waals surface area contributed by atoms with Gasteiger partial charge in [0.1, 0.15) is 0 Å². The van der Waals surface area contributed by atoms with Gasteiger partial charge in [-0.2, -0.15) is 0 Å². The number of nitrogens with one attached hydrogen (secondary N) is 1. The number of nitrogens with zero attached hydrogens (tertiary/aromatic N) is 1. The minimum Gasteiger partial charge on any atom is -0.367 e. The monoisotopic (exact) mass is 196 g/mol. The number of hydrogen-bond donors (Lipinski definition) is 1. The molecule has 0 fully saturated rings. The first-order chi connectivity index (χ1) is 7.33. The Labute approximate surface area is 85.8 Å². The van der Waals surface area contributed by atoms with Gasteiger partial charge in [0.05, 0.1) is 5.36 Å². The van der Waals surface area contributed by atoms with Crippen molar-refractivity contribution < 1.29 is 4.79 Å². The molecule has 1 aromatic carbocycles. The average Bonchev–Trinajstić information content (AvgIpc) is 2.82. The predicted octanol–water partition coefficient (Wildman–Crippen LogP) is 0.622. The quantitative estimate of drug-likeness (QED) is 0.714. The highest BCUT2D eigenvalue weighted by Gasteiger charge is 2.04. The van der Waals surface area contributed by atoms with Gasteiger partial charge in [-0.1, -0.05) is 12.1 Å². The lowest BCUT2D eigenvalue weighted by atomic mass is 10.1. The van der Waals surface area contributed by atoms with Crippen molar-refractivity contribution in [3.63, 3.8) is 0 Å². The Kier molecular flexibility index (Phi) is 1.59. The highest BCUT2D eigenvalue weighted by atomic mass is 16.1. The molecule has 3 rings (SSSR count). The van der Waals surface area contributed by atoms with E-state index in [-0.39, 0.29) is 5.91 Å². The maximum absolute atomic E-state index is 11.1. The van der Waals surface area contributed by atoms with E-state index >= 15 is 0 Å². The van der Waals surface area contributed by atoms with Crippen molar-refractivity contribution in [2.45, 2.75) is 0 Å². The third kappa shape index (κ3) is 1.29. The number of fused-ring (bicyclic) bond motifs is 1. The van der Waals surface area contributed by atoms with Crippen LogP contribution in [0.1, 0.15) is 0 Å². The second kappa shape index (κ2) is 2.92. The van der Waals surface area contributed by atoms with Crippen LogP contribution in [0.25, 0.3) is 17.2 Å². The Morgan fingerprint density at radius 3 is 2.87 bits per heavy atom. The van der Waals surface area contributed by atoms with Gasteiger partial charge < -0.3 is 4.98 Å². The highest BCUT2D eigenvalue weighted by Crippen LogP contribution is 2.15. The van der Waals surface area contributed by atoms with Crippen LogP contribution in [0.5, 0.6) is 0 Å². The summed E-state index contributed by atoms with van der Waals surface area (Å²) in [7, 11) is 0. The Morgan fingerprint density at radius 2 is 2.07 bits per heavy atom. The fourth-order valence-corrected chi connectivity index (χ4v) is 1.73. The van der Waals surface area contributed by atoms with Crippen LogP contribution >= 0.6 is 0 Å². The van der Waals surface area contributed by atoms with Gasteiger partial charge in [-0.15, -0.1) is 0 Å². The number of rotatable bonds is 1. The van der Waals surface area contributed by atoms with E-state index in [1.165, 1.54) is 0 Å². The maximum atomic E-state index is 11.1. The van der Waals surface area contributed by atoms with E-state index in [4.69, 9.17) is 0 Å². The Morgan fingerprint density at radius 1 is 1.13 bits per heavy atom. The molecular formula is C12H8N2O. The van der Waals surface area contributed by atoms with Crippen LogP contribution < -0.4 is 10.6 Å². The second-order valence-corrected chi connectivity index (χ2v) is 3.47. The topological polar surface area (TPSA) is 45.2 Å². The summed E-state index contributed by atoms with van der Waals surface area (Å²) >= 11 is 0. The number of hydrogen-bond acceptors (Lipinski definition) is 1. The van der Waals surface area contributed by atoms with E-state index in [1.54, 1.807) is 6.08 Å². The van der Waals surface area contributed by atoms with Crippen LogP contribution in [0, 0.1) is 0 Å². The standard InChI is InChI=1S/C12H8N2O/c15-12-6-9-2-1-8(5-11(9)14-12)10-3-4-13-7-10/h1-7,13H. The van der Waals surface area contributed by atoms with Crippen molar-refractivity contribution in [2.75, 3.05) is 0 Å². The molecule has 72 valence electrons. The van der Waals surface area contributed by atoms with Gasteiger partial charge in [0.15, 0.2) is 0 Å². The molecule has 1 N–H and O–H groups in total. The molecule has 3 nitrogen and oxygen atoms in total. The molecule has 0 unspecified atom stereocenters. The molecule has 0 aliphatic carbocycles. The number of carbonyl (C=O) groups excluding carboxylic acids is 1. The fraction of sp³-hybridized carbons (Fsp3) is 0. The summed E-state index contributed by atoms with van der Waals surface area (Å²) in [5.74, 6) is -0.170. The molecule has 0 saturated heterocycles. The molecule has 0 saturated carbocycles. The van der Waals surface area contributed by atoms with Crippen LogP contribution in [0.3, 0.4) is 0 Å². The number of carbonyl (C=O) groups is 1. The molecule has 0 atom stereocenters. The zero-order valence-electron chi connectivity index (χ0n) is 7.90. The minimum atomic E-state index is -0.170. The largest absolute Gasteiger partial charge is 0.367 e. The lowest BCUT2D eigenvalue weighted by Gasteiger charge is -1.95. The van der Waals surface area contributed by atoms with Gasteiger partial charge in [0.2, 0.25) is 0 Å². The molecule has 1 aliphatic rings. The molecule has 1 aromatic heterocycles. The van der Waals surface area contributed by atoms with Gasteiger partial charge in [-0.25, -0.2) is 4.99 Å². The summed E-state index contributed by atoms with van der Waals surface area (Å²) in [5.41, 5.74) is 2.18. The van der Waals surface area contributed by atoms with E-state index in [0.29, 0.717) is 0 Å². The average molecular weight is 196 g/mol. The molecular weight excluding hydrogens is 188 g/mol. The van der Waals surface area contributed by atoms with Crippen LogP contribution in [0.2, 0.25) is 0 Å². The first-order valence-corrected chi connectivity index (χ1v) is 4.70. The van der Waals surface area contributed by atoms with Gasteiger partial charge >= 0.3 is 0 Å². The van der Waals surface area contributed by atoms with E-state index < -0.39 is 0 Å². The maximum Gasteiger partial charge on any atom is 0.270 e. The van der Waals surface area contributed by atoms with Crippen molar-refractivity contribution in [2.24, 2.45) is 4.99 Å². The SMILES string of the molecule is O=C1C=c2ccc(-c3cc[nH]c3)cc2=N1. The van der Waals surface area contributed by atoms with Gasteiger partial charge in [0.25, 0.3) is 5.91 Å². The van der Waals surface area contributed by atoms with Crippen molar-refractivity contribution in [1.82, 2.24) is 4.98 Å². The lowest BCUT2D eigenvalue weighted by Crippen LogP contribution is -2.20. The van der Waals surface area contributed by atoms with Crippen molar-refractivity contribution >= 4 is 12.0 Å². The van der Waals surface area contributed by atoms with Gasteiger partial charge in [-0.05, 0) is 23.3 Å². The van der Waals surface area contributed by atoms with E-state index in [9.17, 15) is 4.79 Å². The molecule has 15 heavy (non-hydrogen) atoms. The van der Waals surface area contributed by atoms with Crippen molar-refractivity contribution in [3.8, 4) is 11.1 Å². The molecule has 1 amide bonds. The summed E-state index contributed by atoms with van der Waals surface area (Å²) in [5, 5.41) is 1.66. The Bertz CT molecular complexity index is 639. The lowest BCUT2D eigenvalue weighted by molar-refractivity contribution is -0.112. The summed E-state index contributed by atoms with van der Waals surface area (Å²) in [4.78, 5) is 18.0. The summed E-state index contributed by atoms with van der Waals surface area (Å²) in [6, 6.07) is 7.83. The molecule has 1 aliphatic heterocycles. The number of benzene rings is 1. The summed E-state index contributed by atoms with van der Waals surface area (Å²) in [6.45, 7) is 0. The third-order valence-electron chi connectivity index (χ3n) is 2.47. The zero-order chi connectivity index (χ0) is 10.3. The number of aromatic nitrogens is 1. The van der Waals surface area contributed by atoms with Crippen LogP contribution in [-0.4, -0.2) is 10.9 Å². The van der Waals surface area contributed by atoms with Crippen LogP contribution in [-0.2, 0) is 4.79 Å². The minimum absolute atomic E-state index is 0.170. The van der Waals surface area contributed by atoms with E-state index in [0.717, 1.165) is 21.7 Å². The van der Waals surface area contributed by atoms with E-state index in [1.807, 2.05) is 36.7 Å². The first-order valence-electron chi connectivity index (χ1n) is 4.70. The van der Waals surface area contributed by atoms with Gasteiger partial charge in [-0.3, -0.25) is 4.79 Å². The van der Waals surface area contributed by atoms with Gasteiger partial charge in [0, 0.05) is 23.7 Å². The molecule has 0 bridgehead atoms. The molecule has 2 aromatic rings. The number of H-pyrrole nitrogens is 1. The number of amides is 1. The van der Waals surface area contributed by atoms with Crippen LogP contribution in [0.4, 0.5) is 0 Å². The Hall–Kier alpha value is -2.16. The molecule has 3 heteroatoms. The third-order valence-corrected chi connectivity index (χ3v) is 2.47. The van der Waals surface area contributed by atoms with Crippen LogP contribution in [0.15, 0.2) is 41.7 Å². The predicted molar refractivity (Wildman–Crippen MR) is 56.5 cm³/mol. The molecule has 2 heterocycles. The smallest absolute Gasteiger partial charge is 0.270 e. The Balaban J connectivity index is 2.25. The molecule has 0 radical (unpaired) electrons. The zero-order valence-corrected chi connectivity index (χ0v) is 7.90. The summed E-state index contributed by atoms with van der Waals surface area (Å²) in [6.07, 6.45) is 5.34. The molecule has 0 spiro atoms. The highest BCUT2D eigenvalue weighted by molar-refractivity contribution is 6.06. The first kappa shape index (κ1) is 8.17. The van der Waals surface area contributed by atoms with E-state index in [2.05, 4.69) is 9.98 Å². The fourth-order valence-electron chi connectivity index (χ4n) is 1.73. The number of aromatic amines is 1.